The number of nitrogens with one attached hydrogen (secondary N) is 1. The van der Waals surface area contributed by atoms with Crippen molar-refractivity contribution in [2.45, 2.75) is 30.3 Å². The summed E-state index contributed by atoms with van der Waals surface area (Å²) in [5.74, 6) is 0.432. The van der Waals surface area contributed by atoms with Gasteiger partial charge in [-0.25, -0.2) is 4.98 Å². The molecule has 3 aromatic rings. The van der Waals surface area contributed by atoms with Gasteiger partial charge in [-0.15, -0.1) is 0 Å². The normalized spacial score (nSPS) is 10.9. The summed E-state index contributed by atoms with van der Waals surface area (Å²) in [6.45, 7) is 4.33. The lowest BCUT2D eigenvalue weighted by Gasteiger charge is -2.06. The number of aldehydes is 1. The van der Waals surface area contributed by atoms with Crippen molar-refractivity contribution in [2.75, 3.05) is 6.61 Å². The van der Waals surface area contributed by atoms with Crippen molar-refractivity contribution in [1.82, 2.24) is 19.9 Å². The second-order valence-corrected chi connectivity index (χ2v) is 5.79. The summed E-state index contributed by atoms with van der Waals surface area (Å²) < 4.78 is 5.64. The number of ether oxygens (including phenoxy) is 1. The van der Waals surface area contributed by atoms with Crippen LogP contribution in [0.5, 0.6) is 5.88 Å². The van der Waals surface area contributed by atoms with Crippen LogP contribution in [0.1, 0.15) is 29.9 Å². The highest BCUT2D eigenvalue weighted by molar-refractivity contribution is 7.99. The van der Waals surface area contributed by atoms with E-state index in [1.165, 1.54) is 11.8 Å². The highest BCUT2D eigenvalue weighted by Crippen LogP contribution is 2.32. The number of hydrogen-bond donors (Lipinski definition) is 1. The van der Waals surface area contributed by atoms with Crippen molar-refractivity contribution in [1.29, 1.82) is 0 Å². The first-order valence-corrected chi connectivity index (χ1v) is 8.16. The highest BCUT2D eigenvalue weighted by atomic mass is 32.2. The molecule has 7 heteroatoms. The number of nitrogens with zero attached hydrogens (tertiary/aromatic N) is 3. The molecule has 118 valence electrons. The summed E-state index contributed by atoms with van der Waals surface area (Å²) in [5.41, 5.74) is 2.03. The maximum absolute atomic E-state index is 11.4. The Kier molecular flexibility index (Phi) is 4.57. The van der Waals surface area contributed by atoms with Gasteiger partial charge in [0.05, 0.1) is 17.6 Å². The molecular formula is C16H16N4O2S. The van der Waals surface area contributed by atoms with Crippen molar-refractivity contribution in [2.24, 2.45) is 0 Å². The molecule has 0 saturated heterocycles. The highest BCUT2D eigenvalue weighted by Gasteiger charge is 2.18. The molecule has 0 amide bonds. The van der Waals surface area contributed by atoms with Gasteiger partial charge in [0, 0.05) is 23.0 Å². The molecule has 3 aromatic heterocycles. The topological polar surface area (TPSA) is 80.8 Å². The lowest BCUT2D eigenvalue weighted by Crippen LogP contribution is -1.99. The Labute approximate surface area is 137 Å². The van der Waals surface area contributed by atoms with Crippen LogP contribution in [-0.2, 0) is 6.42 Å². The van der Waals surface area contributed by atoms with E-state index in [1.54, 1.807) is 12.4 Å². The SMILES string of the molecule is CCOc1nc(Sc2cccnc2)nc2[nH]c(CC)c(C=O)c12. The van der Waals surface area contributed by atoms with E-state index in [-0.39, 0.29) is 0 Å². The van der Waals surface area contributed by atoms with Gasteiger partial charge in [-0.05, 0) is 37.2 Å². The first-order valence-electron chi connectivity index (χ1n) is 7.35. The Morgan fingerprint density at radius 3 is 2.87 bits per heavy atom. The standard InChI is InChI=1S/C16H16N4O2S/c1-3-12-11(9-21)13-14(18-12)19-16(20-15(13)22-4-2)23-10-6-5-7-17-8-10/h5-9H,3-4H2,1-2H3,(H,18,19,20). The predicted octanol–water partition coefficient (Wildman–Crippen LogP) is 3.28. The van der Waals surface area contributed by atoms with Crippen LogP contribution in [0, 0.1) is 0 Å². The molecule has 0 bridgehead atoms. The van der Waals surface area contributed by atoms with Crippen LogP contribution in [0.25, 0.3) is 11.0 Å². The Balaban J connectivity index is 2.12. The molecule has 3 heterocycles. The van der Waals surface area contributed by atoms with E-state index in [0.29, 0.717) is 40.7 Å². The quantitative estimate of drug-likeness (QED) is 0.552. The Hall–Kier alpha value is -2.41. The van der Waals surface area contributed by atoms with E-state index in [1.807, 2.05) is 26.0 Å². The minimum Gasteiger partial charge on any atom is -0.477 e. The number of carbonyl (C=O) groups excluding carboxylic acids is 1. The van der Waals surface area contributed by atoms with Crippen LogP contribution >= 0.6 is 11.8 Å². The van der Waals surface area contributed by atoms with Crippen LogP contribution in [-0.4, -0.2) is 32.8 Å². The molecule has 0 spiro atoms. The number of carbonyl (C=O) groups is 1. The fourth-order valence-corrected chi connectivity index (χ4v) is 3.06. The van der Waals surface area contributed by atoms with E-state index in [4.69, 9.17) is 4.74 Å². The average Bonchev–Trinajstić information content (AvgIpc) is 2.94. The Bertz CT molecular complexity index is 833. The minimum absolute atomic E-state index is 0.432. The number of aryl methyl sites for hydroxylation is 1. The van der Waals surface area contributed by atoms with Gasteiger partial charge < -0.3 is 9.72 Å². The van der Waals surface area contributed by atoms with Crippen LogP contribution in [0.3, 0.4) is 0 Å². The van der Waals surface area contributed by atoms with Crippen molar-refractivity contribution in [3.05, 3.63) is 35.8 Å². The molecular weight excluding hydrogens is 312 g/mol. The number of rotatable bonds is 6. The number of H-pyrrole nitrogens is 1. The molecule has 0 radical (unpaired) electrons. The van der Waals surface area contributed by atoms with E-state index in [2.05, 4.69) is 19.9 Å². The van der Waals surface area contributed by atoms with Crippen LogP contribution in [0.4, 0.5) is 0 Å². The lowest BCUT2D eigenvalue weighted by molar-refractivity contribution is 0.112. The molecule has 0 aliphatic carbocycles. The van der Waals surface area contributed by atoms with Crippen molar-refractivity contribution >= 4 is 29.1 Å². The molecule has 0 aromatic carbocycles. The van der Waals surface area contributed by atoms with Crippen molar-refractivity contribution < 1.29 is 9.53 Å². The Morgan fingerprint density at radius 2 is 2.22 bits per heavy atom. The third-order valence-corrected chi connectivity index (χ3v) is 4.16. The monoisotopic (exact) mass is 328 g/mol. The molecule has 0 saturated carbocycles. The van der Waals surface area contributed by atoms with E-state index >= 15 is 0 Å². The molecule has 6 nitrogen and oxygen atoms in total. The summed E-state index contributed by atoms with van der Waals surface area (Å²) in [5, 5.41) is 1.20. The summed E-state index contributed by atoms with van der Waals surface area (Å²) in [6, 6.07) is 3.80. The van der Waals surface area contributed by atoms with E-state index in [0.717, 1.165) is 16.9 Å². The summed E-state index contributed by atoms with van der Waals surface area (Å²) in [6.07, 6.45) is 5.01. The van der Waals surface area contributed by atoms with E-state index < -0.39 is 0 Å². The third kappa shape index (κ3) is 3.05. The fraction of sp³-hybridized carbons (Fsp3) is 0.250. The number of hydrogen-bond acceptors (Lipinski definition) is 6. The van der Waals surface area contributed by atoms with E-state index in [9.17, 15) is 4.79 Å². The predicted molar refractivity (Wildman–Crippen MR) is 88.2 cm³/mol. The summed E-state index contributed by atoms with van der Waals surface area (Å²) in [4.78, 5) is 28.7. The molecule has 0 atom stereocenters. The van der Waals surface area contributed by atoms with Gasteiger partial charge in [0.1, 0.15) is 5.65 Å². The third-order valence-electron chi connectivity index (χ3n) is 3.32. The molecule has 0 unspecified atom stereocenters. The molecule has 0 aliphatic rings. The van der Waals surface area contributed by atoms with Crippen molar-refractivity contribution in [3.63, 3.8) is 0 Å². The van der Waals surface area contributed by atoms with Crippen LogP contribution in [0.2, 0.25) is 0 Å². The summed E-state index contributed by atoms with van der Waals surface area (Å²) in [7, 11) is 0. The van der Waals surface area contributed by atoms with Gasteiger partial charge >= 0.3 is 0 Å². The zero-order valence-corrected chi connectivity index (χ0v) is 13.7. The average molecular weight is 328 g/mol. The van der Waals surface area contributed by atoms with Crippen LogP contribution in [0.15, 0.2) is 34.6 Å². The molecule has 23 heavy (non-hydrogen) atoms. The smallest absolute Gasteiger partial charge is 0.227 e. The van der Waals surface area contributed by atoms with Gasteiger partial charge in [-0.3, -0.25) is 9.78 Å². The largest absolute Gasteiger partial charge is 0.477 e. The zero-order valence-electron chi connectivity index (χ0n) is 12.9. The molecule has 1 N–H and O–H groups in total. The number of fused-ring (bicyclic) bond motifs is 1. The van der Waals surface area contributed by atoms with Gasteiger partial charge in [0.15, 0.2) is 11.4 Å². The Morgan fingerprint density at radius 1 is 1.35 bits per heavy atom. The van der Waals surface area contributed by atoms with Gasteiger partial charge in [-0.1, -0.05) is 6.92 Å². The molecule has 0 fully saturated rings. The van der Waals surface area contributed by atoms with Gasteiger partial charge in [-0.2, -0.15) is 4.98 Å². The maximum atomic E-state index is 11.4. The van der Waals surface area contributed by atoms with Gasteiger partial charge in [0.25, 0.3) is 0 Å². The molecule has 0 aliphatic heterocycles. The van der Waals surface area contributed by atoms with Gasteiger partial charge in [0.2, 0.25) is 5.88 Å². The second-order valence-electron chi connectivity index (χ2n) is 4.75. The number of aromatic amines is 1. The second kappa shape index (κ2) is 6.78. The number of aromatic nitrogens is 4. The summed E-state index contributed by atoms with van der Waals surface area (Å²) >= 11 is 1.40. The number of pyridine rings is 1. The fourth-order valence-electron chi connectivity index (χ4n) is 2.32. The van der Waals surface area contributed by atoms with Crippen molar-refractivity contribution in [3.8, 4) is 5.88 Å². The first-order chi connectivity index (χ1) is 11.3. The van der Waals surface area contributed by atoms with Crippen LogP contribution < -0.4 is 4.74 Å². The minimum atomic E-state index is 0.432. The molecule has 3 rings (SSSR count). The first kappa shape index (κ1) is 15.5. The lowest BCUT2D eigenvalue weighted by atomic mass is 10.2. The maximum Gasteiger partial charge on any atom is 0.227 e. The zero-order chi connectivity index (χ0) is 16.2.